The molecule has 80 valence electrons. The molecule has 1 aromatic rings. The zero-order chi connectivity index (χ0) is 11.1. The number of aryl methyl sites for hydroxylation is 1. The summed E-state index contributed by atoms with van der Waals surface area (Å²) in [5.74, 6) is 0. The lowest BCUT2D eigenvalue weighted by molar-refractivity contribution is 0.00748. The molecular formula is C11H15N3O. The number of rotatable bonds is 2. The Morgan fingerprint density at radius 3 is 2.67 bits per heavy atom. The summed E-state index contributed by atoms with van der Waals surface area (Å²) in [6.45, 7) is 1.91. The van der Waals surface area contributed by atoms with Gasteiger partial charge >= 0.3 is 0 Å². The zero-order valence-electron chi connectivity index (χ0n) is 9.06. The van der Waals surface area contributed by atoms with E-state index in [-0.39, 0.29) is 0 Å². The Labute approximate surface area is 89.1 Å². The molecule has 0 aliphatic heterocycles. The van der Waals surface area contributed by atoms with Crippen molar-refractivity contribution in [2.75, 3.05) is 0 Å². The van der Waals surface area contributed by atoms with Crippen LogP contribution in [0.15, 0.2) is 6.20 Å². The maximum absolute atomic E-state index is 10.2. The van der Waals surface area contributed by atoms with Crippen LogP contribution in [0.3, 0.4) is 0 Å². The fourth-order valence-corrected chi connectivity index (χ4v) is 2.09. The average Bonchev–Trinajstić information content (AvgIpc) is 2.47. The molecule has 1 aliphatic carbocycles. The first-order chi connectivity index (χ1) is 7.10. The molecule has 1 saturated carbocycles. The molecule has 1 N–H and O–H groups in total. The number of nitriles is 1. The third kappa shape index (κ3) is 1.35. The molecule has 0 bridgehead atoms. The Morgan fingerprint density at radius 2 is 2.33 bits per heavy atom. The second-order valence-electron chi connectivity index (χ2n) is 4.33. The van der Waals surface area contributed by atoms with Gasteiger partial charge in [-0.3, -0.25) is 4.68 Å². The molecule has 4 nitrogen and oxygen atoms in total. The molecule has 0 radical (unpaired) electrons. The minimum absolute atomic E-state index is 0.562. The van der Waals surface area contributed by atoms with E-state index < -0.39 is 11.5 Å². The van der Waals surface area contributed by atoms with Crippen molar-refractivity contribution >= 4 is 0 Å². The van der Waals surface area contributed by atoms with Crippen LogP contribution in [0.4, 0.5) is 0 Å². The highest BCUT2D eigenvalue weighted by atomic mass is 16.3. The topological polar surface area (TPSA) is 61.8 Å². The van der Waals surface area contributed by atoms with Crippen molar-refractivity contribution in [2.24, 2.45) is 12.5 Å². The van der Waals surface area contributed by atoms with E-state index in [0.29, 0.717) is 0 Å². The summed E-state index contributed by atoms with van der Waals surface area (Å²) in [5, 5.41) is 23.4. The Balaban J connectivity index is 2.32. The molecule has 1 atom stereocenters. The number of hydrogen-bond donors (Lipinski definition) is 1. The molecule has 1 unspecified atom stereocenters. The Bertz CT molecular complexity index is 412. The molecule has 0 amide bonds. The predicted molar refractivity (Wildman–Crippen MR) is 54.8 cm³/mol. The molecule has 0 spiro atoms. The second-order valence-corrected chi connectivity index (χ2v) is 4.33. The summed E-state index contributed by atoms with van der Waals surface area (Å²) >= 11 is 0. The first kappa shape index (κ1) is 10.2. The fraction of sp³-hybridized carbons (Fsp3) is 0.636. The van der Waals surface area contributed by atoms with Crippen LogP contribution in [0.25, 0.3) is 0 Å². The smallest absolute Gasteiger partial charge is 0.101 e. The lowest BCUT2D eigenvalue weighted by Crippen LogP contribution is -2.34. The molecular weight excluding hydrogens is 190 g/mol. The second kappa shape index (κ2) is 3.35. The van der Waals surface area contributed by atoms with E-state index in [4.69, 9.17) is 5.26 Å². The van der Waals surface area contributed by atoms with Gasteiger partial charge in [-0.25, -0.2) is 0 Å². The van der Waals surface area contributed by atoms with E-state index in [2.05, 4.69) is 11.2 Å². The third-order valence-electron chi connectivity index (χ3n) is 3.56. The van der Waals surface area contributed by atoms with Crippen molar-refractivity contribution in [3.05, 3.63) is 17.5 Å². The minimum atomic E-state index is -0.690. The number of aromatic nitrogens is 2. The number of hydrogen-bond acceptors (Lipinski definition) is 3. The van der Waals surface area contributed by atoms with Gasteiger partial charge in [0.15, 0.2) is 0 Å². The Morgan fingerprint density at radius 1 is 1.67 bits per heavy atom. The van der Waals surface area contributed by atoms with Crippen molar-refractivity contribution in [3.63, 3.8) is 0 Å². The zero-order valence-corrected chi connectivity index (χ0v) is 9.06. The van der Waals surface area contributed by atoms with Crippen LogP contribution in [0, 0.1) is 23.7 Å². The summed E-state index contributed by atoms with van der Waals surface area (Å²) in [4.78, 5) is 0. The fourth-order valence-electron chi connectivity index (χ4n) is 2.09. The standard InChI is InChI=1S/C11H15N3O/c1-8-9(6-13-14(8)2)10(15)11(7-12)4-3-5-11/h6,10,15H,3-5H2,1-2H3. The van der Waals surface area contributed by atoms with E-state index in [9.17, 15) is 5.11 Å². The molecule has 4 heteroatoms. The molecule has 1 aromatic heterocycles. The van der Waals surface area contributed by atoms with Crippen LogP contribution >= 0.6 is 0 Å². The maximum Gasteiger partial charge on any atom is 0.101 e. The summed E-state index contributed by atoms with van der Waals surface area (Å²) in [6, 6.07) is 2.26. The SMILES string of the molecule is Cc1c(C(O)C2(C#N)CCC2)cnn1C. The highest BCUT2D eigenvalue weighted by Gasteiger charge is 2.45. The molecule has 0 saturated heterocycles. The number of aliphatic hydroxyl groups excluding tert-OH is 1. The summed E-state index contributed by atoms with van der Waals surface area (Å²) in [5.41, 5.74) is 1.16. The lowest BCUT2D eigenvalue weighted by Gasteiger charge is -2.39. The van der Waals surface area contributed by atoms with Crippen molar-refractivity contribution in [2.45, 2.75) is 32.3 Å². The quantitative estimate of drug-likeness (QED) is 0.795. The van der Waals surface area contributed by atoms with Gasteiger partial charge in [0.1, 0.15) is 6.10 Å². The third-order valence-corrected chi connectivity index (χ3v) is 3.56. The number of aliphatic hydroxyl groups is 1. The van der Waals surface area contributed by atoms with Gasteiger partial charge in [0.25, 0.3) is 0 Å². The number of nitrogens with zero attached hydrogens (tertiary/aromatic N) is 3. The monoisotopic (exact) mass is 205 g/mol. The van der Waals surface area contributed by atoms with E-state index in [1.54, 1.807) is 10.9 Å². The molecule has 1 fully saturated rings. The van der Waals surface area contributed by atoms with Gasteiger partial charge < -0.3 is 5.11 Å². The van der Waals surface area contributed by atoms with Gasteiger partial charge in [0, 0.05) is 18.3 Å². The van der Waals surface area contributed by atoms with Crippen LogP contribution in [0.2, 0.25) is 0 Å². The van der Waals surface area contributed by atoms with Crippen LogP contribution in [0.1, 0.15) is 36.6 Å². The molecule has 2 rings (SSSR count). The van der Waals surface area contributed by atoms with Gasteiger partial charge in [-0.1, -0.05) is 6.42 Å². The van der Waals surface area contributed by atoms with Gasteiger partial charge in [-0.15, -0.1) is 0 Å². The van der Waals surface area contributed by atoms with Crippen LogP contribution in [-0.4, -0.2) is 14.9 Å². The van der Waals surface area contributed by atoms with Gasteiger partial charge in [-0.2, -0.15) is 10.4 Å². The molecule has 1 heterocycles. The summed E-state index contributed by atoms with van der Waals surface area (Å²) in [6.07, 6.45) is 3.59. The lowest BCUT2D eigenvalue weighted by atomic mass is 9.65. The van der Waals surface area contributed by atoms with Crippen molar-refractivity contribution in [3.8, 4) is 6.07 Å². The maximum atomic E-state index is 10.2. The summed E-state index contributed by atoms with van der Waals surface area (Å²) in [7, 11) is 1.84. The normalized spacial score (nSPS) is 20.4. The largest absolute Gasteiger partial charge is 0.387 e. The van der Waals surface area contributed by atoms with Gasteiger partial charge in [0.05, 0.1) is 17.7 Å². The Kier molecular flexibility index (Phi) is 2.28. The van der Waals surface area contributed by atoms with Crippen LogP contribution in [0.5, 0.6) is 0 Å². The van der Waals surface area contributed by atoms with Crippen molar-refractivity contribution < 1.29 is 5.11 Å². The van der Waals surface area contributed by atoms with Crippen molar-refractivity contribution in [1.29, 1.82) is 5.26 Å². The highest BCUT2D eigenvalue weighted by Crippen LogP contribution is 2.50. The molecule has 0 aromatic carbocycles. The predicted octanol–water partition coefficient (Wildman–Crippen LogP) is 1.46. The molecule has 15 heavy (non-hydrogen) atoms. The molecule has 1 aliphatic rings. The Hall–Kier alpha value is -1.34. The van der Waals surface area contributed by atoms with Gasteiger partial charge in [0.2, 0.25) is 0 Å². The first-order valence-electron chi connectivity index (χ1n) is 5.18. The van der Waals surface area contributed by atoms with Crippen LogP contribution < -0.4 is 0 Å². The summed E-state index contributed by atoms with van der Waals surface area (Å²) < 4.78 is 1.72. The minimum Gasteiger partial charge on any atom is -0.387 e. The van der Waals surface area contributed by atoms with E-state index in [1.807, 2.05) is 14.0 Å². The first-order valence-corrected chi connectivity index (χ1v) is 5.18. The average molecular weight is 205 g/mol. The van der Waals surface area contributed by atoms with E-state index in [0.717, 1.165) is 30.5 Å². The van der Waals surface area contributed by atoms with E-state index >= 15 is 0 Å². The van der Waals surface area contributed by atoms with E-state index in [1.165, 1.54) is 0 Å². The van der Waals surface area contributed by atoms with Crippen LogP contribution in [-0.2, 0) is 7.05 Å². The van der Waals surface area contributed by atoms with Gasteiger partial charge in [-0.05, 0) is 19.8 Å². The highest BCUT2D eigenvalue weighted by molar-refractivity contribution is 5.25. The van der Waals surface area contributed by atoms with Crippen molar-refractivity contribution in [1.82, 2.24) is 9.78 Å².